The third kappa shape index (κ3) is 5.47. The summed E-state index contributed by atoms with van der Waals surface area (Å²) < 4.78 is 26.1. The largest absolute Gasteiger partial charge is 0.325 e. The van der Waals surface area contributed by atoms with Crippen LogP contribution in [0.2, 0.25) is 0 Å². The van der Waals surface area contributed by atoms with Crippen molar-refractivity contribution in [3.8, 4) is 22.6 Å². The molecule has 8 nitrogen and oxygen atoms in total. The Hall–Kier alpha value is -3.82. The van der Waals surface area contributed by atoms with Gasteiger partial charge in [0.05, 0.1) is 17.6 Å². The summed E-state index contributed by atoms with van der Waals surface area (Å²) in [5, 5.41) is 5.58. The molecular formula is C25H24F2N6O2. The minimum atomic E-state index is -2.65. The predicted octanol–water partition coefficient (Wildman–Crippen LogP) is 4.63. The van der Waals surface area contributed by atoms with Crippen LogP contribution in [0.4, 0.5) is 20.3 Å². The second-order valence-corrected chi connectivity index (χ2v) is 9.20. The summed E-state index contributed by atoms with van der Waals surface area (Å²) in [6.45, 7) is 1.81. The van der Waals surface area contributed by atoms with E-state index in [0.29, 0.717) is 34.3 Å². The van der Waals surface area contributed by atoms with Gasteiger partial charge in [0.25, 0.3) is 0 Å². The SMILES string of the molecule is Cc1ncc(NC(=O)CC2CC(F)(F)C2)cc1-c1nccc(-c2ccnc(NC(=O)C3CC3)c2)n1. The van der Waals surface area contributed by atoms with Gasteiger partial charge in [-0.3, -0.25) is 14.6 Å². The molecule has 0 unspecified atom stereocenters. The molecule has 0 aliphatic heterocycles. The lowest BCUT2D eigenvalue weighted by atomic mass is 9.79. The van der Waals surface area contributed by atoms with E-state index >= 15 is 0 Å². The van der Waals surface area contributed by atoms with Gasteiger partial charge in [-0.1, -0.05) is 0 Å². The molecule has 180 valence electrons. The lowest BCUT2D eigenvalue weighted by Gasteiger charge is -2.34. The number of nitrogens with zero attached hydrogens (tertiary/aromatic N) is 4. The number of alkyl halides is 2. The van der Waals surface area contributed by atoms with E-state index in [1.54, 1.807) is 36.7 Å². The molecule has 0 saturated heterocycles. The van der Waals surface area contributed by atoms with Crippen LogP contribution in [0.1, 0.15) is 37.8 Å². The first-order valence-corrected chi connectivity index (χ1v) is 11.5. The van der Waals surface area contributed by atoms with E-state index in [1.807, 2.05) is 6.92 Å². The number of amides is 2. The van der Waals surface area contributed by atoms with Gasteiger partial charge in [-0.2, -0.15) is 0 Å². The normalized spacial score (nSPS) is 16.9. The number of halogens is 2. The highest BCUT2D eigenvalue weighted by Crippen LogP contribution is 2.44. The molecule has 0 radical (unpaired) electrons. The van der Waals surface area contributed by atoms with E-state index in [9.17, 15) is 18.4 Å². The second-order valence-electron chi connectivity index (χ2n) is 9.20. The fourth-order valence-corrected chi connectivity index (χ4v) is 4.11. The standard InChI is InChI=1S/C25H24F2N6O2/c1-14-19(10-18(13-30-14)31-22(34)8-15-11-25(26,27)12-15)23-29-7-5-20(32-23)17-4-6-28-21(9-17)33-24(35)16-2-3-16/h4-7,9-10,13,15-16H,2-3,8,11-12H2,1H3,(H,31,34)(H,28,33,35). The Morgan fingerprint density at radius 1 is 1.06 bits per heavy atom. The molecule has 5 rings (SSSR count). The van der Waals surface area contributed by atoms with Gasteiger partial charge in [-0.15, -0.1) is 0 Å². The van der Waals surface area contributed by atoms with E-state index in [2.05, 4.69) is 30.6 Å². The lowest BCUT2D eigenvalue weighted by Crippen LogP contribution is -2.37. The van der Waals surface area contributed by atoms with Gasteiger partial charge in [0.2, 0.25) is 17.7 Å². The molecule has 2 aliphatic carbocycles. The summed E-state index contributed by atoms with van der Waals surface area (Å²) in [6.07, 6.45) is 6.12. The van der Waals surface area contributed by atoms with Crippen LogP contribution in [0.25, 0.3) is 22.6 Å². The number of anilines is 2. The summed E-state index contributed by atoms with van der Waals surface area (Å²) in [5.74, 6) is -2.34. The Morgan fingerprint density at radius 2 is 1.83 bits per heavy atom. The smallest absolute Gasteiger partial charge is 0.248 e. The highest BCUT2D eigenvalue weighted by molar-refractivity contribution is 5.93. The third-order valence-electron chi connectivity index (χ3n) is 6.17. The van der Waals surface area contributed by atoms with E-state index < -0.39 is 5.92 Å². The molecule has 2 saturated carbocycles. The Kier molecular flexibility index (Phi) is 5.96. The van der Waals surface area contributed by atoms with Gasteiger partial charge < -0.3 is 10.6 Å². The molecule has 2 N–H and O–H groups in total. The number of carbonyl (C=O) groups is 2. The first kappa shape index (κ1) is 22.9. The minimum Gasteiger partial charge on any atom is -0.325 e. The van der Waals surface area contributed by atoms with Crippen molar-refractivity contribution in [2.45, 2.75) is 45.0 Å². The molecule has 35 heavy (non-hydrogen) atoms. The number of rotatable bonds is 7. The van der Waals surface area contributed by atoms with Crippen molar-refractivity contribution < 1.29 is 18.4 Å². The Balaban J connectivity index is 1.32. The van der Waals surface area contributed by atoms with Gasteiger partial charge in [0, 0.05) is 54.4 Å². The maximum atomic E-state index is 13.0. The van der Waals surface area contributed by atoms with Gasteiger partial charge in [-0.25, -0.2) is 23.7 Å². The summed E-state index contributed by atoms with van der Waals surface area (Å²) in [7, 11) is 0. The maximum Gasteiger partial charge on any atom is 0.248 e. The van der Waals surface area contributed by atoms with Crippen LogP contribution >= 0.6 is 0 Å². The van der Waals surface area contributed by atoms with E-state index in [4.69, 9.17) is 0 Å². The Labute approximate surface area is 200 Å². The number of pyridine rings is 2. The molecule has 10 heteroatoms. The van der Waals surface area contributed by atoms with Crippen molar-refractivity contribution in [2.24, 2.45) is 11.8 Å². The molecule has 0 bridgehead atoms. The molecule has 3 aromatic heterocycles. The van der Waals surface area contributed by atoms with Crippen molar-refractivity contribution in [3.05, 3.63) is 48.5 Å². The first-order chi connectivity index (χ1) is 16.8. The zero-order valence-corrected chi connectivity index (χ0v) is 19.1. The monoisotopic (exact) mass is 478 g/mol. The van der Waals surface area contributed by atoms with Crippen LogP contribution in [0, 0.1) is 18.8 Å². The fourth-order valence-electron chi connectivity index (χ4n) is 4.11. The number of hydrogen-bond acceptors (Lipinski definition) is 6. The van der Waals surface area contributed by atoms with Crippen molar-refractivity contribution in [3.63, 3.8) is 0 Å². The molecule has 0 aromatic carbocycles. The number of aryl methyl sites for hydroxylation is 1. The minimum absolute atomic E-state index is 0.0235. The zero-order chi connectivity index (χ0) is 24.6. The number of hydrogen-bond donors (Lipinski definition) is 2. The van der Waals surface area contributed by atoms with Crippen LogP contribution in [0.3, 0.4) is 0 Å². The van der Waals surface area contributed by atoms with Gasteiger partial charge in [-0.05, 0) is 49.9 Å². The molecular weight excluding hydrogens is 454 g/mol. The van der Waals surface area contributed by atoms with Crippen molar-refractivity contribution in [2.75, 3.05) is 10.6 Å². The van der Waals surface area contributed by atoms with Crippen molar-refractivity contribution >= 4 is 23.3 Å². The van der Waals surface area contributed by atoms with Crippen molar-refractivity contribution in [1.29, 1.82) is 0 Å². The maximum absolute atomic E-state index is 13.0. The second kappa shape index (κ2) is 9.09. The highest BCUT2D eigenvalue weighted by Gasteiger charge is 2.45. The Morgan fingerprint density at radius 3 is 2.57 bits per heavy atom. The predicted molar refractivity (Wildman–Crippen MR) is 126 cm³/mol. The summed E-state index contributed by atoms with van der Waals surface area (Å²) in [6, 6.07) is 7.04. The van der Waals surface area contributed by atoms with E-state index in [1.165, 1.54) is 6.20 Å². The molecule has 2 fully saturated rings. The highest BCUT2D eigenvalue weighted by atomic mass is 19.3. The lowest BCUT2D eigenvalue weighted by molar-refractivity contribution is -0.129. The topological polar surface area (TPSA) is 110 Å². The van der Waals surface area contributed by atoms with Crippen LogP contribution in [-0.4, -0.2) is 37.7 Å². The summed E-state index contributed by atoms with van der Waals surface area (Å²) in [4.78, 5) is 42.0. The van der Waals surface area contributed by atoms with Crippen LogP contribution in [-0.2, 0) is 9.59 Å². The number of nitrogens with one attached hydrogen (secondary N) is 2. The van der Waals surface area contributed by atoms with E-state index in [-0.39, 0.29) is 42.9 Å². The van der Waals surface area contributed by atoms with Crippen LogP contribution < -0.4 is 10.6 Å². The Bertz CT molecular complexity index is 1290. The fraction of sp³-hybridized carbons (Fsp3) is 0.360. The molecule has 3 aromatic rings. The average Bonchev–Trinajstić information content (AvgIpc) is 3.65. The molecule has 2 amide bonds. The van der Waals surface area contributed by atoms with Crippen LogP contribution in [0.5, 0.6) is 0 Å². The molecule has 0 spiro atoms. The number of aromatic nitrogens is 4. The molecule has 2 aliphatic rings. The van der Waals surface area contributed by atoms with E-state index in [0.717, 1.165) is 18.4 Å². The van der Waals surface area contributed by atoms with Gasteiger partial charge in [0.15, 0.2) is 5.82 Å². The van der Waals surface area contributed by atoms with Crippen LogP contribution in [0.15, 0.2) is 42.9 Å². The quantitative estimate of drug-likeness (QED) is 0.512. The van der Waals surface area contributed by atoms with Gasteiger partial charge >= 0.3 is 0 Å². The molecule has 0 atom stereocenters. The third-order valence-corrected chi connectivity index (χ3v) is 6.17. The number of carbonyl (C=O) groups excluding carboxylic acids is 2. The van der Waals surface area contributed by atoms with Gasteiger partial charge in [0.1, 0.15) is 5.82 Å². The summed E-state index contributed by atoms with van der Waals surface area (Å²) in [5.41, 5.74) is 3.16. The first-order valence-electron chi connectivity index (χ1n) is 11.5. The summed E-state index contributed by atoms with van der Waals surface area (Å²) >= 11 is 0. The average molecular weight is 479 g/mol. The van der Waals surface area contributed by atoms with Crippen molar-refractivity contribution in [1.82, 2.24) is 19.9 Å². The zero-order valence-electron chi connectivity index (χ0n) is 19.1. The molecule has 3 heterocycles.